The van der Waals surface area contributed by atoms with Crippen LogP contribution in [0.3, 0.4) is 0 Å². The van der Waals surface area contributed by atoms with Crippen LogP contribution in [-0.2, 0) is 18.3 Å². The summed E-state index contributed by atoms with van der Waals surface area (Å²) in [5.41, 5.74) is 31.6. The summed E-state index contributed by atoms with van der Waals surface area (Å²) in [6.07, 6.45) is 6.25. The van der Waals surface area contributed by atoms with Gasteiger partial charge in [0.1, 0.15) is 0 Å². The highest BCUT2D eigenvalue weighted by Crippen LogP contribution is 2.51. The highest BCUT2D eigenvalue weighted by molar-refractivity contribution is 7.00. The van der Waals surface area contributed by atoms with E-state index in [-0.39, 0.29) is 12.1 Å². The van der Waals surface area contributed by atoms with Crippen LogP contribution in [0.5, 0.6) is 0 Å². The van der Waals surface area contributed by atoms with Gasteiger partial charge < -0.3 is 18.9 Å². The average Bonchev–Trinajstić information content (AvgIpc) is 1.18. The molecule has 0 aliphatic carbocycles. The fourth-order valence-electron chi connectivity index (χ4n) is 15.6. The Morgan fingerprint density at radius 3 is 1.04 bits per heavy atom. The van der Waals surface area contributed by atoms with E-state index in [1.807, 2.05) is 0 Å². The molecule has 0 amide bonds. The summed E-state index contributed by atoms with van der Waals surface area (Å²) in [4.78, 5) is 5.44. The number of fused-ring (bicyclic) bond motifs is 10. The van der Waals surface area contributed by atoms with E-state index in [1.165, 1.54) is 155 Å². The van der Waals surface area contributed by atoms with E-state index in [2.05, 4.69) is 345 Å². The van der Waals surface area contributed by atoms with Gasteiger partial charge in [-0.3, -0.25) is 0 Å². The number of aromatic nitrogens is 2. The minimum atomic E-state index is -0.236. The second kappa shape index (κ2) is 23.6. The number of hydrogen-bond acceptors (Lipinski definition) is 2. The second-order valence-electron chi connectivity index (χ2n) is 27.3. The number of hydrogen-bond donors (Lipinski definition) is 0. The van der Waals surface area contributed by atoms with Gasteiger partial charge in [-0.15, -0.1) is 0 Å². The molecule has 0 bridgehead atoms. The van der Waals surface area contributed by atoms with Crippen LogP contribution in [0.1, 0.15) is 77.0 Å². The van der Waals surface area contributed by atoms with Crippen molar-refractivity contribution in [3.63, 3.8) is 0 Å². The molecule has 4 heterocycles. The summed E-state index contributed by atoms with van der Waals surface area (Å²) in [6, 6.07) is 111. The molecule has 15 aromatic rings. The van der Waals surface area contributed by atoms with Crippen LogP contribution >= 0.6 is 0 Å². The molecule has 458 valence electrons. The van der Waals surface area contributed by atoms with Crippen LogP contribution in [0.25, 0.3) is 99.5 Å². The predicted molar refractivity (Wildman–Crippen MR) is 407 cm³/mol. The van der Waals surface area contributed by atoms with Gasteiger partial charge >= 0.3 is 0 Å². The van der Waals surface area contributed by atoms with Crippen molar-refractivity contribution < 1.29 is 0 Å². The van der Waals surface area contributed by atoms with Crippen LogP contribution in [0.2, 0.25) is 0 Å². The Balaban J connectivity index is 0.979. The van der Waals surface area contributed by atoms with Gasteiger partial charge in [-0.25, -0.2) is 0 Å². The van der Waals surface area contributed by atoms with Gasteiger partial charge in [0.2, 0.25) is 0 Å². The van der Waals surface area contributed by atoms with Crippen molar-refractivity contribution in [2.45, 2.75) is 78.6 Å². The van der Waals surface area contributed by atoms with Crippen molar-refractivity contribution in [1.82, 2.24) is 9.13 Å². The lowest BCUT2D eigenvalue weighted by molar-refractivity contribution is 0.590. The van der Waals surface area contributed by atoms with Crippen molar-refractivity contribution >= 4 is 101 Å². The largest absolute Gasteiger partial charge is 0.311 e. The zero-order chi connectivity index (χ0) is 63.9. The Labute approximate surface area is 558 Å². The zero-order valence-electron chi connectivity index (χ0n) is 54.8. The minimum absolute atomic E-state index is 0.138. The smallest absolute Gasteiger partial charge is 0.252 e. The molecule has 2 aliphatic heterocycles. The molecule has 0 spiro atoms. The number of para-hydroxylation sites is 2. The summed E-state index contributed by atoms with van der Waals surface area (Å²) >= 11 is 0. The van der Waals surface area contributed by atoms with E-state index >= 15 is 0 Å². The zero-order valence-corrected chi connectivity index (χ0v) is 54.8. The van der Waals surface area contributed by atoms with Gasteiger partial charge in [0.25, 0.3) is 6.71 Å². The topological polar surface area (TPSA) is 16.3 Å². The van der Waals surface area contributed by atoms with E-state index < -0.39 is 0 Å². The quantitative estimate of drug-likeness (QED) is 0.101. The van der Waals surface area contributed by atoms with E-state index in [4.69, 9.17) is 0 Å². The number of rotatable bonds is 14. The highest BCUT2D eigenvalue weighted by Gasteiger charge is 2.45. The minimum Gasteiger partial charge on any atom is -0.311 e. The lowest BCUT2D eigenvalue weighted by atomic mass is 9.33. The van der Waals surface area contributed by atoms with Crippen molar-refractivity contribution in [1.29, 1.82) is 0 Å². The maximum atomic E-state index is 2.72. The summed E-state index contributed by atoms with van der Waals surface area (Å²) in [6.45, 7) is 11.7. The molecule has 0 atom stereocenters. The Morgan fingerprint density at radius 1 is 0.295 bits per heavy atom. The van der Waals surface area contributed by atoms with Gasteiger partial charge in [0.05, 0.1) is 22.1 Å². The average molecular weight is 1220 g/mol. The first-order valence-corrected chi connectivity index (χ1v) is 34.3. The van der Waals surface area contributed by atoms with E-state index in [1.54, 1.807) is 0 Å². The molecular formula is C90H75BN4. The number of benzene rings is 13. The Bertz CT molecular complexity index is 5110. The van der Waals surface area contributed by atoms with Crippen LogP contribution in [-0.4, -0.2) is 15.8 Å². The van der Waals surface area contributed by atoms with Gasteiger partial charge in [-0.2, -0.15) is 0 Å². The summed E-state index contributed by atoms with van der Waals surface area (Å²) in [5, 5.41) is 4.96. The normalized spacial score (nSPS) is 12.7. The van der Waals surface area contributed by atoms with Gasteiger partial charge in [-0.1, -0.05) is 254 Å². The molecule has 4 nitrogen and oxygen atoms in total. The van der Waals surface area contributed by atoms with Crippen LogP contribution < -0.4 is 26.2 Å². The van der Waals surface area contributed by atoms with E-state index in [9.17, 15) is 0 Å². The summed E-state index contributed by atoms with van der Waals surface area (Å²) < 4.78 is 5.05. The standard InChI is InChI=1S/C90H75BN4/c1-6-8-26-64-40-42-68(62-32-18-12-19-33-62)54-83(64)94-85-58-71(92-79-38-24-22-36-73(79)75-52-66(44-50-81(75)92)60-28-14-10-15-29-60)46-48-77(85)91-78-49-47-72(93-80-39-25-23-37-74(80)76-53-67(45-51-82(76)93)61-30-16-11-17-31-61)59-86(78)95(88-57-70(90(3,4)5)56-87(94)89(88)91)84-55-69(63-34-20-13-21-35-63)43-41-65(84)27-9-7-2/h10-25,28-59H,6-9,26-27H2,1-5H3. The molecule has 2 aliphatic rings. The molecule has 0 radical (unpaired) electrons. The third-order valence-corrected chi connectivity index (χ3v) is 20.4. The predicted octanol–water partition coefficient (Wildman–Crippen LogP) is 22.6. The first-order valence-electron chi connectivity index (χ1n) is 34.3. The molecule has 0 N–H and O–H groups in total. The second-order valence-corrected chi connectivity index (χ2v) is 27.3. The Kier molecular flexibility index (Phi) is 14.4. The number of unbranched alkanes of at least 4 members (excludes halogenated alkanes) is 2. The maximum Gasteiger partial charge on any atom is 0.252 e. The molecule has 0 fully saturated rings. The number of nitrogens with zero attached hydrogens (tertiary/aromatic N) is 4. The first kappa shape index (κ1) is 58.0. The van der Waals surface area contributed by atoms with Crippen molar-refractivity contribution in [2.75, 3.05) is 9.80 Å². The molecule has 0 saturated heterocycles. The van der Waals surface area contributed by atoms with Gasteiger partial charge in [0, 0.05) is 67.0 Å². The fourth-order valence-corrected chi connectivity index (χ4v) is 15.6. The molecule has 95 heavy (non-hydrogen) atoms. The molecule has 0 saturated carbocycles. The molecule has 13 aromatic carbocycles. The van der Waals surface area contributed by atoms with Crippen LogP contribution in [0.4, 0.5) is 34.1 Å². The highest BCUT2D eigenvalue weighted by atomic mass is 15.2. The van der Waals surface area contributed by atoms with Crippen LogP contribution in [0, 0.1) is 0 Å². The van der Waals surface area contributed by atoms with Gasteiger partial charge in [0.15, 0.2) is 0 Å². The molecule has 17 rings (SSSR count). The molecule has 2 aromatic heterocycles. The van der Waals surface area contributed by atoms with E-state index in [0.29, 0.717) is 0 Å². The summed E-state index contributed by atoms with van der Waals surface area (Å²) in [5.74, 6) is 0. The van der Waals surface area contributed by atoms with Gasteiger partial charge in [-0.05, 0) is 194 Å². The Hall–Kier alpha value is -10.9. The third kappa shape index (κ3) is 9.90. The summed E-state index contributed by atoms with van der Waals surface area (Å²) in [7, 11) is 0. The Morgan fingerprint density at radius 2 is 0.653 bits per heavy atom. The lowest BCUT2D eigenvalue weighted by Gasteiger charge is -2.46. The maximum absolute atomic E-state index is 2.72. The van der Waals surface area contributed by atoms with Crippen molar-refractivity contribution in [3.8, 4) is 55.9 Å². The molecule has 5 heteroatoms. The number of aryl methyl sites for hydroxylation is 2. The lowest BCUT2D eigenvalue weighted by Crippen LogP contribution is -2.61. The van der Waals surface area contributed by atoms with Crippen molar-refractivity contribution in [3.05, 3.63) is 308 Å². The monoisotopic (exact) mass is 1220 g/mol. The number of anilines is 6. The third-order valence-electron chi connectivity index (χ3n) is 20.4. The van der Waals surface area contributed by atoms with E-state index in [0.717, 1.165) is 49.9 Å². The molecule has 0 unspecified atom stereocenters. The van der Waals surface area contributed by atoms with Crippen LogP contribution in [0.15, 0.2) is 291 Å². The SMILES string of the molecule is CCCCc1ccc(-c2ccccc2)cc1N1c2cc(-n3c4ccccc4c4cc(-c5ccccc5)ccc43)ccc2B2c3ccc(-n4c5ccccc5c5cc(-c6ccccc6)ccc54)cc3N(c3cc(-c4ccccc4)ccc3CCCC)c3cc(C(C)(C)C)cc1c32. The fraction of sp³-hybridized carbons (Fsp3) is 0.133. The first-order chi connectivity index (χ1) is 46.7. The van der Waals surface area contributed by atoms with Crippen molar-refractivity contribution in [2.24, 2.45) is 0 Å². The molecular weight excluding hydrogens is 1150 g/mol.